The summed E-state index contributed by atoms with van der Waals surface area (Å²) in [6, 6.07) is 11.0. The molecule has 3 rings (SSSR count). The van der Waals surface area contributed by atoms with Crippen molar-refractivity contribution in [1.82, 2.24) is 5.32 Å². The Balaban J connectivity index is 2.07. The van der Waals surface area contributed by atoms with Crippen LogP contribution in [0, 0.1) is 0 Å². The second-order valence-electron chi connectivity index (χ2n) is 4.97. The van der Waals surface area contributed by atoms with Gasteiger partial charge in [0.2, 0.25) is 0 Å². The number of carbonyl (C=O) groups excluding carboxylic acids is 1. The monoisotopic (exact) mass is 395 g/mol. The Hall–Kier alpha value is -1.53. The third-order valence-corrected chi connectivity index (χ3v) is 4.95. The Morgan fingerprint density at radius 3 is 2.42 bits per heavy atom. The minimum atomic E-state index is -0.205. The molecule has 1 aliphatic heterocycles. The number of rotatable bonds is 3. The van der Waals surface area contributed by atoms with E-state index in [9.17, 15) is 4.79 Å². The molecule has 3 nitrogen and oxygen atoms in total. The van der Waals surface area contributed by atoms with Crippen molar-refractivity contribution in [3.8, 4) is 16.9 Å². The van der Waals surface area contributed by atoms with Crippen molar-refractivity contribution < 1.29 is 9.53 Å². The van der Waals surface area contributed by atoms with Crippen LogP contribution in [0.2, 0.25) is 10.0 Å². The second kappa shape index (κ2) is 7.15. The predicted molar refractivity (Wildman–Crippen MR) is 105 cm³/mol. The highest BCUT2D eigenvalue weighted by Crippen LogP contribution is 2.34. The maximum Gasteiger partial charge on any atom is 0.263 e. The Morgan fingerprint density at radius 1 is 1.12 bits per heavy atom. The van der Waals surface area contributed by atoms with Crippen LogP contribution in [0.5, 0.6) is 5.75 Å². The van der Waals surface area contributed by atoms with Gasteiger partial charge in [0.25, 0.3) is 5.91 Å². The van der Waals surface area contributed by atoms with E-state index in [1.807, 2.05) is 30.3 Å². The summed E-state index contributed by atoms with van der Waals surface area (Å²) in [6.07, 6.45) is 1.76. The average molecular weight is 396 g/mol. The van der Waals surface area contributed by atoms with Crippen LogP contribution in [0.25, 0.3) is 17.2 Å². The molecule has 0 aliphatic carbocycles. The lowest BCUT2D eigenvalue weighted by Gasteiger charge is -2.09. The fourth-order valence-corrected chi connectivity index (χ4v) is 3.87. The zero-order valence-corrected chi connectivity index (χ0v) is 15.6. The number of amides is 1. The first kappa shape index (κ1) is 17.3. The minimum absolute atomic E-state index is 0.205. The highest BCUT2D eigenvalue weighted by Gasteiger charge is 2.22. The Kier molecular flexibility index (Phi) is 5.15. The van der Waals surface area contributed by atoms with Gasteiger partial charge in [0.1, 0.15) is 10.1 Å². The Labute approximate surface area is 159 Å². The molecule has 0 atom stereocenters. The third kappa shape index (κ3) is 3.75. The van der Waals surface area contributed by atoms with Crippen molar-refractivity contribution >= 4 is 63.5 Å². The molecule has 0 unspecified atom stereocenters. The van der Waals surface area contributed by atoms with Crippen LogP contribution in [0.3, 0.4) is 0 Å². The molecule has 1 N–H and O–H groups in total. The smallest absolute Gasteiger partial charge is 0.263 e. The van der Waals surface area contributed by atoms with Gasteiger partial charge in [-0.3, -0.25) is 4.79 Å². The van der Waals surface area contributed by atoms with E-state index in [0.717, 1.165) is 16.7 Å². The Morgan fingerprint density at radius 2 is 1.83 bits per heavy atom. The summed E-state index contributed by atoms with van der Waals surface area (Å²) >= 11 is 18.4. The SMILES string of the molecule is COc1ccc(-c2cc(Cl)cc(Cl)c2)cc1/C=C1\SC(=S)NC1=O. The van der Waals surface area contributed by atoms with Crippen molar-refractivity contribution in [1.29, 1.82) is 0 Å². The summed E-state index contributed by atoms with van der Waals surface area (Å²) in [5, 5.41) is 3.72. The van der Waals surface area contributed by atoms with Crippen LogP contribution in [-0.2, 0) is 4.79 Å². The van der Waals surface area contributed by atoms with E-state index in [1.165, 1.54) is 11.8 Å². The first-order valence-corrected chi connectivity index (χ1v) is 8.83. The van der Waals surface area contributed by atoms with Gasteiger partial charge in [-0.15, -0.1) is 0 Å². The number of halogens is 2. The number of thioether (sulfide) groups is 1. The number of carbonyl (C=O) groups is 1. The van der Waals surface area contributed by atoms with Crippen LogP contribution in [0.1, 0.15) is 5.56 Å². The molecule has 0 radical (unpaired) electrons. The van der Waals surface area contributed by atoms with Crippen LogP contribution in [0.15, 0.2) is 41.3 Å². The molecular weight excluding hydrogens is 385 g/mol. The number of hydrogen-bond acceptors (Lipinski definition) is 4. The van der Waals surface area contributed by atoms with Crippen molar-refractivity contribution in [3.63, 3.8) is 0 Å². The lowest BCUT2D eigenvalue weighted by molar-refractivity contribution is -0.115. The molecular formula is C17H11Cl2NO2S2. The van der Waals surface area contributed by atoms with Gasteiger partial charge in [0.05, 0.1) is 12.0 Å². The summed E-state index contributed by atoms with van der Waals surface area (Å²) < 4.78 is 5.83. The Bertz CT molecular complexity index is 861. The lowest BCUT2D eigenvalue weighted by Crippen LogP contribution is -2.17. The summed E-state index contributed by atoms with van der Waals surface area (Å²) in [5.41, 5.74) is 2.57. The van der Waals surface area contributed by atoms with Gasteiger partial charge >= 0.3 is 0 Å². The molecule has 0 aromatic heterocycles. The molecule has 0 spiro atoms. The topological polar surface area (TPSA) is 38.3 Å². The van der Waals surface area contributed by atoms with E-state index in [4.69, 9.17) is 40.2 Å². The summed E-state index contributed by atoms with van der Waals surface area (Å²) in [5.74, 6) is 0.453. The fourth-order valence-electron chi connectivity index (χ4n) is 2.31. The standard InChI is InChI=1S/C17H11Cl2NO2S2/c1-22-14-3-2-9(10-5-12(18)8-13(19)6-10)4-11(14)7-15-16(21)20-17(23)24-15/h2-8H,1H3,(H,20,21,23)/b15-7-. The number of methoxy groups -OCH3 is 1. The first-order chi connectivity index (χ1) is 11.5. The van der Waals surface area contributed by atoms with Crippen molar-refractivity contribution in [2.24, 2.45) is 0 Å². The van der Waals surface area contributed by atoms with Crippen LogP contribution < -0.4 is 10.1 Å². The molecule has 7 heteroatoms. The normalized spacial score (nSPS) is 15.7. The van der Waals surface area contributed by atoms with Gasteiger partial charge in [-0.05, 0) is 47.5 Å². The van der Waals surface area contributed by atoms with Crippen LogP contribution >= 0.6 is 47.2 Å². The molecule has 2 aromatic carbocycles. The highest BCUT2D eigenvalue weighted by molar-refractivity contribution is 8.26. The lowest BCUT2D eigenvalue weighted by atomic mass is 10.0. The molecule has 1 heterocycles. The number of benzene rings is 2. The molecule has 0 saturated carbocycles. The molecule has 1 amide bonds. The number of thiocarbonyl (C=S) groups is 1. The van der Waals surface area contributed by atoms with E-state index < -0.39 is 0 Å². The number of hydrogen-bond donors (Lipinski definition) is 1. The van der Waals surface area contributed by atoms with Gasteiger partial charge in [-0.1, -0.05) is 53.2 Å². The largest absolute Gasteiger partial charge is 0.496 e. The maximum atomic E-state index is 11.9. The van der Waals surface area contributed by atoms with Gasteiger partial charge in [0.15, 0.2) is 0 Å². The predicted octanol–water partition coefficient (Wildman–Crippen LogP) is 5.16. The van der Waals surface area contributed by atoms with E-state index in [2.05, 4.69) is 5.32 Å². The van der Waals surface area contributed by atoms with Gasteiger partial charge in [0, 0.05) is 15.6 Å². The van der Waals surface area contributed by atoms with Gasteiger partial charge in [-0.25, -0.2) is 0 Å². The number of ether oxygens (including phenoxy) is 1. The van der Waals surface area contributed by atoms with E-state index in [-0.39, 0.29) is 5.91 Å². The van der Waals surface area contributed by atoms with Crippen LogP contribution in [-0.4, -0.2) is 17.3 Å². The molecule has 2 aromatic rings. The zero-order valence-electron chi connectivity index (χ0n) is 12.4. The zero-order chi connectivity index (χ0) is 17.3. The number of nitrogens with one attached hydrogen (secondary N) is 1. The molecule has 1 aliphatic rings. The van der Waals surface area contributed by atoms with Crippen molar-refractivity contribution in [2.75, 3.05) is 7.11 Å². The highest BCUT2D eigenvalue weighted by atomic mass is 35.5. The molecule has 1 fully saturated rings. The second-order valence-corrected chi connectivity index (χ2v) is 7.56. The van der Waals surface area contributed by atoms with Crippen molar-refractivity contribution in [3.05, 3.63) is 56.9 Å². The van der Waals surface area contributed by atoms with E-state index >= 15 is 0 Å². The van der Waals surface area contributed by atoms with E-state index in [1.54, 1.807) is 19.3 Å². The minimum Gasteiger partial charge on any atom is -0.496 e. The van der Waals surface area contributed by atoms with Gasteiger partial charge < -0.3 is 10.1 Å². The third-order valence-electron chi connectivity index (χ3n) is 3.35. The molecule has 0 bridgehead atoms. The summed E-state index contributed by atoms with van der Waals surface area (Å²) in [6.45, 7) is 0. The molecule has 24 heavy (non-hydrogen) atoms. The summed E-state index contributed by atoms with van der Waals surface area (Å²) in [4.78, 5) is 12.4. The fraction of sp³-hybridized carbons (Fsp3) is 0.0588. The van der Waals surface area contributed by atoms with E-state index in [0.29, 0.717) is 25.0 Å². The van der Waals surface area contributed by atoms with Crippen molar-refractivity contribution in [2.45, 2.75) is 0 Å². The molecule has 1 saturated heterocycles. The average Bonchev–Trinajstić information content (AvgIpc) is 2.84. The maximum absolute atomic E-state index is 11.9. The summed E-state index contributed by atoms with van der Waals surface area (Å²) in [7, 11) is 1.58. The quantitative estimate of drug-likeness (QED) is 0.575. The first-order valence-electron chi connectivity index (χ1n) is 6.85. The van der Waals surface area contributed by atoms with Gasteiger partial charge in [-0.2, -0.15) is 0 Å². The van der Waals surface area contributed by atoms with Crippen LogP contribution in [0.4, 0.5) is 0 Å². The molecule has 122 valence electrons.